The Morgan fingerprint density at radius 3 is 2.61 bits per heavy atom. The number of aryl methyl sites for hydroxylation is 1. The molecule has 18 heavy (non-hydrogen) atoms. The summed E-state index contributed by atoms with van der Waals surface area (Å²) in [7, 11) is 0. The van der Waals surface area contributed by atoms with Gasteiger partial charge in [-0.25, -0.2) is 0 Å². The SMILES string of the molecule is Cc1ccsc1C(=O)NC(CCl)c1ccccc1. The molecular weight excluding hydrogens is 266 g/mol. The molecule has 0 aliphatic heterocycles. The standard InChI is InChI=1S/C14H14ClNOS/c1-10-7-8-18-13(10)14(17)16-12(9-15)11-5-3-2-4-6-11/h2-8,12H,9H2,1H3,(H,16,17). The molecule has 0 radical (unpaired) electrons. The second kappa shape index (κ2) is 6.03. The van der Waals surface area contributed by atoms with Crippen molar-refractivity contribution in [3.8, 4) is 0 Å². The average Bonchev–Trinajstić information content (AvgIpc) is 2.83. The van der Waals surface area contributed by atoms with Crippen LogP contribution in [0.3, 0.4) is 0 Å². The highest BCUT2D eigenvalue weighted by molar-refractivity contribution is 7.12. The number of benzene rings is 1. The minimum Gasteiger partial charge on any atom is -0.343 e. The van der Waals surface area contributed by atoms with E-state index in [-0.39, 0.29) is 11.9 Å². The summed E-state index contributed by atoms with van der Waals surface area (Å²) in [6.45, 7) is 1.93. The monoisotopic (exact) mass is 279 g/mol. The van der Waals surface area contributed by atoms with E-state index in [9.17, 15) is 4.79 Å². The largest absolute Gasteiger partial charge is 0.343 e. The summed E-state index contributed by atoms with van der Waals surface area (Å²) >= 11 is 7.39. The molecule has 1 aromatic carbocycles. The molecule has 1 aromatic heterocycles. The topological polar surface area (TPSA) is 29.1 Å². The molecule has 0 aliphatic carbocycles. The van der Waals surface area contributed by atoms with Gasteiger partial charge in [-0.15, -0.1) is 22.9 Å². The molecule has 0 fully saturated rings. The summed E-state index contributed by atoms with van der Waals surface area (Å²) in [5.74, 6) is 0.303. The van der Waals surface area contributed by atoms with Crippen molar-refractivity contribution in [2.75, 3.05) is 5.88 Å². The Kier molecular flexibility index (Phi) is 4.39. The van der Waals surface area contributed by atoms with Gasteiger partial charge in [0.1, 0.15) is 0 Å². The molecule has 0 aliphatic rings. The molecule has 2 aromatic rings. The third kappa shape index (κ3) is 2.92. The van der Waals surface area contributed by atoms with Gasteiger partial charge in [-0.3, -0.25) is 4.79 Å². The van der Waals surface area contributed by atoms with Crippen molar-refractivity contribution in [3.05, 3.63) is 57.8 Å². The summed E-state index contributed by atoms with van der Waals surface area (Å²) in [6.07, 6.45) is 0. The average molecular weight is 280 g/mol. The fourth-order valence-electron chi connectivity index (χ4n) is 1.73. The van der Waals surface area contributed by atoms with Gasteiger partial charge in [-0.05, 0) is 29.5 Å². The van der Waals surface area contributed by atoms with Crippen molar-refractivity contribution >= 4 is 28.8 Å². The lowest BCUT2D eigenvalue weighted by molar-refractivity contribution is 0.0944. The molecule has 1 unspecified atom stereocenters. The number of halogens is 1. The van der Waals surface area contributed by atoms with Crippen LogP contribution in [0.4, 0.5) is 0 Å². The Labute approximate surface area is 116 Å². The van der Waals surface area contributed by atoms with Crippen LogP contribution in [-0.4, -0.2) is 11.8 Å². The zero-order valence-corrected chi connectivity index (χ0v) is 11.6. The molecule has 1 atom stereocenters. The maximum absolute atomic E-state index is 12.1. The third-order valence-electron chi connectivity index (χ3n) is 2.73. The first kappa shape index (κ1) is 13.1. The molecule has 0 bridgehead atoms. The van der Waals surface area contributed by atoms with E-state index in [0.717, 1.165) is 16.0 Å². The molecule has 0 saturated carbocycles. The molecular formula is C14H14ClNOS. The highest BCUT2D eigenvalue weighted by Gasteiger charge is 2.16. The summed E-state index contributed by atoms with van der Waals surface area (Å²) in [5.41, 5.74) is 2.02. The molecule has 2 nitrogen and oxygen atoms in total. The van der Waals surface area contributed by atoms with Crippen LogP contribution < -0.4 is 5.32 Å². The van der Waals surface area contributed by atoms with E-state index >= 15 is 0 Å². The molecule has 4 heteroatoms. The fourth-order valence-corrected chi connectivity index (χ4v) is 2.81. The van der Waals surface area contributed by atoms with Crippen molar-refractivity contribution in [1.82, 2.24) is 5.32 Å². The zero-order chi connectivity index (χ0) is 13.0. The van der Waals surface area contributed by atoms with Crippen molar-refractivity contribution in [2.24, 2.45) is 0 Å². The van der Waals surface area contributed by atoms with Gasteiger partial charge in [0.25, 0.3) is 5.91 Å². The maximum Gasteiger partial charge on any atom is 0.262 e. The van der Waals surface area contributed by atoms with Crippen molar-refractivity contribution in [2.45, 2.75) is 13.0 Å². The summed E-state index contributed by atoms with van der Waals surface area (Å²) in [4.78, 5) is 12.9. The third-order valence-corrected chi connectivity index (χ3v) is 4.05. The Bertz CT molecular complexity index is 524. The van der Waals surface area contributed by atoms with Gasteiger partial charge >= 0.3 is 0 Å². The van der Waals surface area contributed by atoms with Crippen molar-refractivity contribution < 1.29 is 4.79 Å². The van der Waals surface area contributed by atoms with Crippen LogP contribution in [0.1, 0.15) is 26.8 Å². The number of carbonyl (C=O) groups is 1. The molecule has 2 rings (SSSR count). The highest BCUT2D eigenvalue weighted by atomic mass is 35.5. The number of hydrogen-bond acceptors (Lipinski definition) is 2. The Hall–Kier alpha value is -1.32. The Balaban J connectivity index is 2.13. The molecule has 94 valence electrons. The van der Waals surface area contributed by atoms with Gasteiger partial charge in [0.05, 0.1) is 10.9 Å². The maximum atomic E-state index is 12.1. The van der Waals surface area contributed by atoms with Gasteiger partial charge in [-0.2, -0.15) is 0 Å². The van der Waals surface area contributed by atoms with Crippen LogP contribution in [-0.2, 0) is 0 Å². The number of amides is 1. The molecule has 0 spiro atoms. The predicted octanol–water partition coefficient (Wildman–Crippen LogP) is 3.77. The quantitative estimate of drug-likeness (QED) is 0.848. The van der Waals surface area contributed by atoms with Gasteiger partial charge in [-0.1, -0.05) is 30.3 Å². The predicted molar refractivity (Wildman–Crippen MR) is 76.4 cm³/mol. The minimum absolute atomic E-state index is 0.0583. The van der Waals surface area contributed by atoms with E-state index in [1.807, 2.05) is 48.7 Å². The van der Waals surface area contributed by atoms with Gasteiger partial charge in [0, 0.05) is 5.88 Å². The van der Waals surface area contributed by atoms with Crippen molar-refractivity contribution in [3.63, 3.8) is 0 Å². The van der Waals surface area contributed by atoms with E-state index in [1.165, 1.54) is 11.3 Å². The fraction of sp³-hybridized carbons (Fsp3) is 0.214. The van der Waals surface area contributed by atoms with Crippen LogP contribution in [0.25, 0.3) is 0 Å². The van der Waals surface area contributed by atoms with Crippen molar-refractivity contribution in [1.29, 1.82) is 0 Å². The second-order valence-corrected chi connectivity index (χ2v) is 5.25. The molecule has 1 N–H and O–H groups in total. The summed E-state index contributed by atoms with van der Waals surface area (Å²) in [5, 5.41) is 4.88. The van der Waals surface area contributed by atoms with Crippen LogP contribution in [0.5, 0.6) is 0 Å². The Morgan fingerprint density at radius 1 is 1.33 bits per heavy atom. The van der Waals surface area contributed by atoms with Crippen LogP contribution in [0.2, 0.25) is 0 Å². The smallest absolute Gasteiger partial charge is 0.262 e. The van der Waals surface area contributed by atoms with Crippen LogP contribution >= 0.6 is 22.9 Å². The van der Waals surface area contributed by atoms with E-state index in [0.29, 0.717) is 5.88 Å². The number of rotatable bonds is 4. The van der Waals surface area contributed by atoms with Gasteiger partial charge in [0.15, 0.2) is 0 Å². The summed E-state index contributed by atoms with van der Waals surface area (Å²) in [6, 6.07) is 11.6. The number of carbonyl (C=O) groups excluding carboxylic acids is 1. The lowest BCUT2D eigenvalue weighted by atomic mass is 10.1. The molecule has 1 heterocycles. The normalized spacial score (nSPS) is 12.1. The van der Waals surface area contributed by atoms with E-state index in [4.69, 9.17) is 11.6 Å². The van der Waals surface area contributed by atoms with Gasteiger partial charge < -0.3 is 5.32 Å². The zero-order valence-electron chi connectivity index (χ0n) is 10.0. The minimum atomic E-state index is -0.151. The van der Waals surface area contributed by atoms with E-state index < -0.39 is 0 Å². The number of thiophene rings is 1. The second-order valence-electron chi connectivity index (χ2n) is 4.02. The molecule has 1 amide bonds. The van der Waals surface area contributed by atoms with E-state index in [1.54, 1.807) is 0 Å². The van der Waals surface area contributed by atoms with Crippen LogP contribution in [0.15, 0.2) is 41.8 Å². The number of hydrogen-bond donors (Lipinski definition) is 1. The van der Waals surface area contributed by atoms with Gasteiger partial charge in [0.2, 0.25) is 0 Å². The van der Waals surface area contributed by atoms with Crippen LogP contribution in [0, 0.1) is 6.92 Å². The molecule has 0 saturated heterocycles. The highest BCUT2D eigenvalue weighted by Crippen LogP contribution is 2.19. The summed E-state index contributed by atoms with van der Waals surface area (Å²) < 4.78 is 0. The van der Waals surface area contributed by atoms with E-state index in [2.05, 4.69) is 5.32 Å². The number of alkyl halides is 1. The first-order valence-electron chi connectivity index (χ1n) is 5.68. The lowest BCUT2D eigenvalue weighted by Crippen LogP contribution is -2.29. The lowest BCUT2D eigenvalue weighted by Gasteiger charge is -2.16. The number of nitrogens with one attached hydrogen (secondary N) is 1. The first-order chi connectivity index (χ1) is 8.72. The first-order valence-corrected chi connectivity index (χ1v) is 7.09. The Morgan fingerprint density at radius 2 is 2.06 bits per heavy atom.